The molecule has 0 amide bonds. The van der Waals surface area contributed by atoms with Gasteiger partial charge in [0.25, 0.3) is 0 Å². The van der Waals surface area contributed by atoms with Crippen LogP contribution in [0.25, 0.3) is 27.9 Å². The highest BCUT2D eigenvalue weighted by Gasteiger charge is 2.11. The predicted molar refractivity (Wildman–Crippen MR) is 99.0 cm³/mol. The number of fused-ring (bicyclic) bond motifs is 1. The second-order valence-electron chi connectivity index (χ2n) is 5.53. The maximum atomic E-state index is 12.3. The summed E-state index contributed by atoms with van der Waals surface area (Å²) >= 11 is 5.41. The minimum atomic E-state index is -0.409. The molecule has 5 nitrogen and oxygen atoms in total. The Balaban J connectivity index is 1.87. The zero-order chi connectivity index (χ0) is 17.4. The first-order chi connectivity index (χ1) is 12.2. The molecule has 25 heavy (non-hydrogen) atoms. The van der Waals surface area contributed by atoms with Gasteiger partial charge in [0.05, 0.1) is 24.1 Å². The number of hydrogen-bond acceptors (Lipinski definition) is 4. The van der Waals surface area contributed by atoms with Gasteiger partial charge in [-0.1, -0.05) is 24.3 Å². The van der Waals surface area contributed by atoms with E-state index in [0.717, 1.165) is 16.8 Å². The molecule has 4 rings (SSSR count). The number of aromatic amines is 1. The summed E-state index contributed by atoms with van der Waals surface area (Å²) in [5.41, 5.74) is 2.03. The summed E-state index contributed by atoms with van der Waals surface area (Å²) < 4.78 is 12.9. The van der Waals surface area contributed by atoms with Crippen molar-refractivity contribution < 1.29 is 9.15 Å². The van der Waals surface area contributed by atoms with Crippen molar-refractivity contribution in [2.24, 2.45) is 0 Å². The van der Waals surface area contributed by atoms with Crippen molar-refractivity contribution in [3.63, 3.8) is 0 Å². The third-order valence-electron chi connectivity index (χ3n) is 3.98. The van der Waals surface area contributed by atoms with Gasteiger partial charge in [0.1, 0.15) is 11.3 Å². The number of rotatable bonds is 3. The Morgan fingerprint density at radius 2 is 1.96 bits per heavy atom. The molecule has 0 fully saturated rings. The molecule has 0 spiro atoms. The second-order valence-corrected chi connectivity index (χ2v) is 5.92. The average molecular weight is 350 g/mol. The van der Waals surface area contributed by atoms with Gasteiger partial charge >= 0.3 is 5.63 Å². The third kappa shape index (κ3) is 2.77. The van der Waals surface area contributed by atoms with E-state index in [0.29, 0.717) is 21.6 Å². The van der Waals surface area contributed by atoms with E-state index in [1.54, 1.807) is 30.0 Å². The quantitative estimate of drug-likeness (QED) is 0.442. The Morgan fingerprint density at radius 1 is 1.12 bits per heavy atom. The molecule has 0 unspecified atom stereocenters. The topological polar surface area (TPSA) is 60.2 Å². The van der Waals surface area contributed by atoms with E-state index in [2.05, 4.69) is 4.98 Å². The molecule has 6 heteroatoms. The van der Waals surface area contributed by atoms with Crippen molar-refractivity contribution in [2.45, 2.75) is 0 Å². The molecule has 0 bridgehead atoms. The van der Waals surface area contributed by atoms with Gasteiger partial charge in [-0.3, -0.25) is 4.57 Å². The number of H-pyrrole nitrogens is 1. The molecule has 0 aliphatic rings. The van der Waals surface area contributed by atoms with Crippen LogP contribution in [0.4, 0.5) is 0 Å². The van der Waals surface area contributed by atoms with Crippen LogP contribution in [0.2, 0.25) is 0 Å². The Morgan fingerprint density at radius 3 is 2.80 bits per heavy atom. The van der Waals surface area contributed by atoms with Crippen molar-refractivity contribution in [1.29, 1.82) is 0 Å². The maximum absolute atomic E-state index is 12.3. The number of nitrogens with zero attached hydrogens (tertiary/aromatic N) is 1. The minimum Gasteiger partial charge on any atom is -0.497 e. The molecule has 0 radical (unpaired) electrons. The zero-order valence-corrected chi connectivity index (χ0v) is 14.2. The first-order valence-electron chi connectivity index (χ1n) is 7.65. The van der Waals surface area contributed by atoms with E-state index >= 15 is 0 Å². The predicted octanol–water partition coefficient (Wildman–Crippen LogP) is 4.32. The second kappa shape index (κ2) is 6.07. The monoisotopic (exact) mass is 350 g/mol. The number of aromatic nitrogens is 2. The van der Waals surface area contributed by atoms with Crippen LogP contribution in [0.5, 0.6) is 5.75 Å². The molecular weight excluding hydrogens is 336 g/mol. The fraction of sp³-hybridized carbons (Fsp3) is 0.0526. The van der Waals surface area contributed by atoms with Gasteiger partial charge in [-0.05, 0) is 36.5 Å². The van der Waals surface area contributed by atoms with Crippen molar-refractivity contribution in [1.82, 2.24) is 9.55 Å². The lowest BCUT2D eigenvalue weighted by Gasteiger charge is -2.04. The number of nitrogens with one attached hydrogen (secondary N) is 1. The summed E-state index contributed by atoms with van der Waals surface area (Å²) in [7, 11) is 1.61. The van der Waals surface area contributed by atoms with Crippen molar-refractivity contribution in [3.05, 3.63) is 76.0 Å². The van der Waals surface area contributed by atoms with Gasteiger partial charge < -0.3 is 14.1 Å². The first-order valence-corrected chi connectivity index (χ1v) is 8.06. The highest BCUT2D eigenvalue weighted by molar-refractivity contribution is 7.71. The van der Waals surface area contributed by atoms with Gasteiger partial charge in [0.15, 0.2) is 4.77 Å². The van der Waals surface area contributed by atoms with Crippen LogP contribution >= 0.6 is 12.2 Å². The highest BCUT2D eigenvalue weighted by Crippen LogP contribution is 2.23. The molecule has 4 aromatic rings. The summed E-state index contributed by atoms with van der Waals surface area (Å²) in [6.45, 7) is 0. The van der Waals surface area contributed by atoms with Gasteiger partial charge in [-0.25, -0.2) is 4.79 Å². The molecule has 2 aromatic carbocycles. The SMILES string of the molecule is COc1cccc(-n2cc(-c3cc4ccccc4oc3=O)[nH]c2=S)c1. The van der Waals surface area contributed by atoms with Crippen LogP contribution in [-0.2, 0) is 0 Å². The summed E-state index contributed by atoms with van der Waals surface area (Å²) in [5.74, 6) is 0.729. The van der Waals surface area contributed by atoms with Crippen molar-refractivity contribution in [2.75, 3.05) is 7.11 Å². The van der Waals surface area contributed by atoms with Gasteiger partial charge in [0.2, 0.25) is 0 Å². The molecule has 0 aliphatic carbocycles. The van der Waals surface area contributed by atoms with E-state index in [4.69, 9.17) is 21.4 Å². The molecule has 1 N–H and O–H groups in total. The Hall–Kier alpha value is -3.12. The Kier molecular flexibility index (Phi) is 3.74. The summed E-state index contributed by atoms with van der Waals surface area (Å²) in [4.78, 5) is 15.4. The van der Waals surface area contributed by atoms with Crippen LogP contribution in [0, 0.1) is 4.77 Å². The lowest BCUT2D eigenvalue weighted by atomic mass is 10.1. The van der Waals surface area contributed by atoms with Crippen molar-refractivity contribution in [3.8, 4) is 22.7 Å². The normalized spacial score (nSPS) is 10.9. The third-order valence-corrected chi connectivity index (χ3v) is 4.28. The largest absolute Gasteiger partial charge is 0.497 e. The number of ether oxygens (including phenoxy) is 1. The Bertz CT molecular complexity index is 1190. The molecular formula is C19H14N2O3S. The Labute approximate surface area is 148 Å². The molecule has 2 heterocycles. The lowest BCUT2D eigenvalue weighted by Crippen LogP contribution is -2.02. The van der Waals surface area contributed by atoms with Crippen LogP contribution in [0.15, 0.2) is 70.0 Å². The fourth-order valence-corrected chi connectivity index (χ4v) is 3.00. The van der Waals surface area contributed by atoms with E-state index in [1.165, 1.54) is 0 Å². The van der Waals surface area contributed by atoms with Crippen LogP contribution < -0.4 is 10.4 Å². The van der Waals surface area contributed by atoms with Crippen molar-refractivity contribution >= 4 is 23.2 Å². The number of para-hydroxylation sites is 1. The molecule has 124 valence electrons. The number of benzene rings is 2. The standard InChI is InChI=1S/C19H14N2O3S/c1-23-14-7-4-6-13(10-14)21-11-16(20-19(21)25)15-9-12-5-2-3-8-17(12)24-18(15)22/h2-11H,1H3,(H,20,25). The minimum absolute atomic E-state index is 0.409. The molecule has 2 aromatic heterocycles. The zero-order valence-electron chi connectivity index (χ0n) is 13.4. The van der Waals surface area contributed by atoms with E-state index in [1.807, 2.05) is 42.5 Å². The van der Waals surface area contributed by atoms with Crippen LogP contribution in [0.3, 0.4) is 0 Å². The number of methoxy groups -OCH3 is 1. The van der Waals surface area contributed by atoms with Gasteiger partial charge in [-0.15, -0.1) is 0 Å². The van der Waals surface area contributed by atoms with E-state index in [-0.39, 0.29) is 0 Å². The maximum Gasteiger partial charge on any atom is 0.345 e. The number of imidazole rings is 1. The molecule has 0 atom stereocenters. The van der Waals surface area contributed by atoms with E-state index < -0.39 is 5.63 Å². The molecule has 0 saturated carbocycles. The summed E-state index contributed by atoms with van der Waals surface area (Å²) in [6, 6.07) is 16.7. The number of hydrogen-bond donors (Lipinski definition) is 1. The highest BCUT2D eigenvalue weighted by atomic mass is 32.1. The summed E-state index contributed by atoms with van der Waals surface area (Å²) in [6.07, 6.45) is 1.79. The van der Waals surface area contributed by atoms with Gasteiger partial charge in [0, 0.05) is 17.6 Å². The van der Waals surface area contributed by atoms with E-state index in [9.17, 15) is 4.79 Å². The smallest absolute Gasteiger partial charge is 0.345 e. The first kappa shape index (κ1) is 15.4. The summed E-state index contributed by atoms with van der Waals surface area (Å²) in [5, 5.41) is 0.852. The van der Waals surface area contributed by atoms with Gasteiger partial charge in [-0.2, -0.15) is 0 Å². The van der Waals surface area contributed by atoms with Crippen LogP contribution in [0.1, 0.15) is 0 Å². The molecule has 0 saturated heterocycles. The average Bonchev–Trinajstić information content (AvgIpc) is 3.02. The lowest BCUT2D eigenvalue weighted by molar-refractivity contribution is 0.414. The fourth-order valence-electron chi connectivity index (χ4n) is 2.73. The molecule has 0 aliphatic heterocycles. The van der Waals surface area contributed by atoms with Crippen LogP contribution in [-0.4, -0.2) is 16.7 Å².